The van der Waals surface area contributed by atoms with Crippen molar-refractivity contribution < 1.29 is 14.3 Å². The van der Waals surface area contributed by atoms with E-state index in [0.717, 1.165) is 16.8 Å². The summed E-state index contributed by atoms with van der Waals surface area (Å²) in [5.41, 5.74) is 2.08. The lowest BCUT2D eigenvalue weighted by molar-refractivity contribution is -0.123. The molecule has 2 aromatic carbocycles. The Morgan fingerprint density at radius 1 is 1.03 bits per heavy atom. The number of aromatic nitrogens is 3. The van der Waals surface area contributed by atoms with Crippen molar-refractivity contribution >= 4 is 12.0 Å². The zero-order chi connectivity index (χ0) is 23.1. The second-order valence-corrected chi connectivity index (χ2v) is 8.55. The molecule has 8 heteroatoms. The van der Waals surface area contributed by atoms with Crippen molar-refractivity contribution in [2.24, 2.45) is 0 Å². The quantitative estimate of drug-likeness (QED) is 0.591. The van der Waals surface area contributed by atoms with Gasteiger partial charge in [-0.05, 0) is 51.0 Å². The molecule has 2 atom stereocenters. The summed E-state index contributed by atoms with van der Waals surface area (Å²) in [5.74, 6) is -0.285. The number of hydrogen-bond donors (Lipinski definition) is 2. The molecule has 8 nitrogen and oxygen atoms in total. The summed E-state index contributed by atoms with van der Waals surface area (Å²) in [6.07, 6.45) is 2.82. The van der Waals surface area contributed by atoms with E-state index >= 15 is 0 Å². The normalized spacial score (nSPS) is 13.1. The van der Waals surface area contributed by atoms with Crippen LogP contribution in [0.2, 0.25) is 0 Å². The first kappa shape index (κ1) is 23.0. The van der Waals surface area contributed by atoms with Gasteiger partial charge in [-0.2, -0.15) is 5.10 Å². The molecule has 0 fully saturated rings. The highest BCUT2D eigenvalue weighted by molar-refractivity contribution is 5.86. The van der Waals surface area contributed by atoms with Gasteiger partial charge in [0.15, 0.2) is 0 Å². The average Bonchev–Trinajstić information content (AvgIpc) is 3.27. The number of carbonyl (C=O) groups is 2. The zero-order valence-electron chi connectivity index (χ0n) is 18.8. The molecular formula is C24H29N5O3. The van der Waals surface area contributed by atoms with E-state index < -0.39 is 17.7 Å². The standard InChI is InChI=1S/C24H29N5O3/c1-17(19-10-12-20(13-11-19)29-16-25-15-26-29)27-22(30)21(14-18-8-6-5-7-9-18)28-23(31)32-24(2,3)4/h5-13,15-17,21H,14H2,1-4H3,(H,27,30)(H,28,31). The smallest absolute Gasteiger partial charge is 0.408 e. The SMILES string of the molecule is CC(NC(=O)C(Cc1ccccc1)NC(=O)OC(C)(C)C)c1ccc(-n2cncn2)cc1. The van der Waals surface area contributed by atoms with Crippen molar-refractivity contribution in [1.82, 2.24) is 25.4 Å². The molecule has 0 radical (unpaired) electrons. The van der Waals surface area contributed by atoms with Gasteiger partial charge in [-0.15, -0.1) is 0 Å². The van der Waals surface area contributed by atoms with E-state index in [1.165, 1.54) is 6.33 Å². The molecule has 2 unspecified atom stereocenters. The van der Waals surface area contributed by atoms with Gasteiger partial charge in [0.1, 0.15) is 24.3 Å². The number of benzene rings is 2. The van der Waals surface area contributed by atoms with Crippen LogP contribution in [0.4, 0.5) is 4.79 Å². The largest absolute Gasteiger partial charge is 0.444 e. The monoisotopic (exact) mass is 435 g/mol. The van der Waals surface area contributed by atoms with Crippen LogP contribution in [0.5, 0.6) is 0 Å². The fourth-order valence-corrected chi connectivity index (χ4v) is 3.16. The Bertz CT molecular complexity index is 1010. The number of nitrogens with zero attached hydrogens (tertiary/aromatic N) is 3. The summed E-state index contributed by atoms with van der Waals surface area (Å²) < 4.78 is 7.01. The summed E-state index contributed by atoms with van der Waals surface area (Å²) in [6.45, 7) is 7.24. The summed E-state index contributed by atoms with van der Waals surface area (Å²) in [6, 6.07) is 16.2. The predicted molar refractivity (Wildman–Crippen MR) is 121 cm³/mol. The maximum atomic E-state index is 13.1. The Labute approximate surface area is 188 Å². The van der Waals surface area contributed by atoms with E-state index in [2.05, 4.69) is 20.7 Å². The molecule has 1 aromatic heterocycles. The van der Waals surface area contributed by atoms with E-state index in [-0.39, 0.29) is 11.9 Å². The Morgan fingerprint density at radius 3 is 2.31 bits per heavy atom. The summed E-state index contributed by atoms with van der Waals surface area (Å²) >= 11 is 0. The van der Waals surface area contributed by atoms with Crippen molar-refractivity contribution in [2.45, 2.75) is 51.8 Å². The van der Waals surface area contributed by atoms with Gasteiger partial charge in [-0.25, -0.2) is 14.5 Å². The lowest BCUT2D eigenvalue weighted by Crippen LogP contribution is -2.49. The number of nitrogens with one attached hydrogen (secondary N) is 2. The van der Waals surface area contributed by atoms with Crippen molar-refractivity contribution in [1.29, 1.82) is 0 Å². The lowest BCUT2D eigenvalue weighted by Gasteiger charge is -2.25. The van der Waals surface area contributed by atoms with E-state index in [1.807, 2.05) is 61.5 Å². The van der Waals surface area contributed by atoms with Crippen LogP contribution < -0.4 is 10.6 Å². The van der Waals surface area contributed by atoms with Gasteiger partial charge >= 0.3 is 6.09 Å². The fraction of sp³-hybridized carbons (Fsp3) is 0.333. The average molecular weight is 436 g/mol. The molecule has 0 bridgehead atoms. The highest BCUT2D eigenvalue weighted by atomic mass is 16.6. The molecule has 3 rings (SSSR count). The predicted octanol–water partition coefficient (Wildman–Crippen LogP) is 3.58. The highest BCUT2D eigenvalue weighted by Crippen LogP contribution is 2.16. The number of alkyl carbamates (subject to hydrolysis) is 1. The van der Waals surface area contributed by atoms with Gasteiger partial charge in [0.2, 0.25) is 5.91 Å². The summed E-state index contributed by atoms with van der Waals surface area (Å²) in [4.78, 5) is 29.4. The van der Waals surface area contributed by atoms with Crippen LogP contribution >= 0.6 is 0 Å². The minimum atomic E-state index is -0.774. The molecule has 0 aliphatic rings. The van der Waals surface area contributed by atoms with Crippen molar-refractivity contribution in [3.05, 3.63) is 78.4 Å². The van der Waals surface area contributed by atoms with Crippen LogP contribution in [-0.2, 0) is 16.0 Å². The Kier molecular flexibility index (Phi) is 7.25. The maximum absolute atomic E-state index is 13.1. The second-order valence-electron chi connectivity index (χ2n) is 8.55. The molecule has 32 heavy (non-hydrogen) atoms. The Balaban J connectivity index is 1.69. The van der Waals surface area contributed by atoms with E-state index in [1.54, 1.807) is 31.8 Å². The van der Waals surface area contributed by atoms with Crippen molar-refractivity contribution in [3.8, 4) is 5.69 Å². The minimum Gasteiger partial charge on any atom is -0.444 e. The summed E-state index contributed by atoms with van der Waals surface area (Å²) in [7, 11) is 0. The van der Waals surface area contributed by atoms with Crippen LogP contribution in [-0.4, -0.2) is 38.4 Å². The first-order valence-corrected chi connectivity index (χ1v) is 10.5. The molecule has 0 saturated heterocycles. The van der Waals surface area contributed by atoms with Crippen LogP contribution in [0.25, 0.3) is 5.69 Å². The van der Waals surface area contributed by atoms with Crippen LogP contribution in [0.1, 0.15) is 44.9 Å². The molecule has 0 aliphatic heterocycles. The molecule has 2 amide bonds. The zero-order valence-corrected chi connectivity index (χ0v) is 18.8. The number of carbonyl (C=O) groups excluding carboxylic acids is 2. The summed E-state index contributed by atoms with van der Waals surface area (Å²) in [5, 5.41) is 9.82. The van der Waals surface area contributed by atoms with Gasteiger partial charge in [-0.3, -0.25) is 4.79 Å². The van der Waals surface area contributed by atoms with Crippen LogP contribution in [0.3, 0.4) is 0 Å². The maximum Gasteiger partial charge on any atom is 0.408 e. The molecule has 2 N–H and O–H groups in total. The number of hydrogen-bond acceptors (Lipinski definition) is 5. The molecule has 168 valence electrons. The minimum absolute atomic E-state index is 0.258. The number of rotatable bonds is 7. The Hall–Kier alpha value is -3.68. The topological polar surface area (TPSA) is 98.1 Å². The van der Waals surface area contributed by atoms with Gasteiger partial charge in [0, 0.05) is 6.42 Å². The first-order valence-electron chi connectivity index (χ1n) is 10.5. The lowest BCUT2D eigenvalue weighted by atomic mass is 10.0. The molecule has 0 saturated carbocycles. The third kappa shape index (κ3) is 6.66. The van der Waals surface area contributed by atoms with E-state index in [9.17, 15) is 9.59 Å². The van der Waals surface area contributed by atoms with Gasteiger partial charge < -0.3 is 15.4 Å². The highest BCUT2D eigenvalue weighted by Gasteiger charge is 2.26. The van der Waals surface area contributed by atoms with Crippen molar-refractivity contribution in [3.63, 3.8) is 0 Å². The molecule has 1 heterocycles. The number of ether oxygens (including phenoxy) is 1. The van der Waals surface area contributed by atoms with E-state index in [0.29, 0.717) is 6.42 Å². The third-order valence-corrected chi connectivity index (χ3v) is 4.73. The van der Waals surface area contributed by atoms with Gasteiger partial charge in [0.05, 0.1) is 11.7 Å². The first-order chi connectivity index (χ1) is 15.2. The molecule has 0 aliphatic carbocycles. The van der Waals surface area contributed by atoms with Gasteiger partial charge in [-0.1, -0.05) is 42.5 Å². The van der Waals surface area contributed by atoms with Gasteiger partial charge in [0.25, 0.3) is 0 Å². The second kappa shape index (κ2) is 10.1. The molecular weight excluding hydrogens is 406 g/mol. The van der Waals surface area contributed by atoms with Crippen LogP contribution in [0, 0.1) is 0 Å². The molecule has 3 aromatic rings. The third-order valence-electron chi connectivity index (χ3n) is 4.73. The van der Waals surface area contributed by atoms with Crippen molar-refractivity contribution in [2.75, 3.05) is 0 Å². The number of amides is 2. The molecule has 0 spiro atoms. The van der Waals surface area contributed by atoms with E-state index in [4.69, 9.17) is 4.74 Å². The fourth-order valence-electron chi connectivity index (χ4n) is 3.16. The Morgan fingerprint density at radius 2 is 1.72 bits per heavy atom. The van der Waals surface area contributed by atoms with Crippen LogP contribution in [0.15, 0.2) is 67.3 Å².